The fraction of sp³-hybridized carbons (Fsp3) is 0.250. The van der Waals surface area contributed by atoms with Crippen LogP contribution in [0.2, 0.25) is 0 Å². The summed E-state index contributed by atoms with van der Waals surface area (Å²) >= 11 is 3.50. The number of halogens is 2. The smallest absolute Gasteiger partial charge is 0.226 e. The molecule has 1 N–H and O–H groups in total. The molecule has 27 heavy (non-hydrogen) atoms. The Labute approximate surface area is 165 Å². The van der Waals surface area contributed by atoms with Crippen LogP contribution in [0, 0.1) is 5.82 Å². The summed E-state index contributed by atoms with van der Waals surface area (Å²) in [4.78, 5) is 16.4. The van der Waals surface area contributed by atoms with Gasteiger partial charge in [0.05, 0.1) is 6.04 Å². The molecule has 0 aliphatic heterocycles. The summed E-state index contributed by atoms with van der Waals surface area (Å²) in [6.45, 7) is 1.95. The minimum absolute atomic E-state index is 0.0310. The quantitative estimate of drug-likeness (QED) is 0.580. The van der Waals surface area contributed by atoms with Gasteiger partial charge in [0.2, 0.25) is 17.6 Å². The predicted octanol–water partition coefficient (Wildman–Crippen LogP) is 4.84. The van der Waals surface area contributed by atoms with Crippen LogP contribution >= 0.6 is 15.9 Å². The highest BCUT2D eigenvalue weighted by Crippen LogP contribution is 2.23. The Bertz CT molecular complexity index is 912. The van der Waals surface area contributed by atoms with Crippen LogP contribution < -0.4 is 5.32 Å². The lowest BCUT2D eigenvalue weighted by molar-refractivity contribution is -0.121. The van der Waals surface area contributed by atoms with E-state index in [-0.39, 0.29) is 17.8 Å². The molecule has 1 atom stereocenters. The zero-order valence-corrected chi connectivity index (χ0v) is 16.4. The van der Waals surface area contributed by atoms with Gasteiger partial charge in [-0.1, -0.05) is 39.3 Å². The number of hydrogen-bond donors (Lipinski definition) is 1. The minimum Gasteiger partial charge on any atom is -0.350 e. The molecule has 1 amide bonds. The summed E-state index contributed by atoms with van der Waals surface area (Å²) in [6.07, 6.45) is 1.47. The molecule has 5 nitrogen and oxygen atoms in total. The van der Waals surface area contributed by atoms with Gasteiger partial charge >= 0.3 is 0 Å². The normalized spacial score (nSPS) is 12.0. The molecule has 0 spiro atoms. The van der Waals surface area contributed by atoms with Crippen LogP contribution in [-0.4, -0.2) is 16.0 Å². The van der Waals surface area contributed by atoms with E-state index in [2.05, 4.69) is 31.4 Å². The number of aryl methyl sites for hydroxylation is 1. The Balaban J connectivity index is 1.48. The number of nitrogens with one attached hydrogen (secondary N) is 1. The van der Waals surface area contributed by atoms with Crippen LogP contribution in [0.4, 0.5) is 4.39 Å². The second-order valence-corrected chi connectivity index (χ2v) is 7.04. The van der Waals surface area contributed by atoms with Crippen molar-refractivity contribution in [1.82, 2.24) is 15.5 Å². The van der Waals surface area contributed by atoms with Crippen LogP contribution in [0.3, 0.4) is 0 Å². The van der Waals surface area contributed by atoms with Gasteiger partial charge in [0, 0.05) is 22.9 Å². The van der Waals surface area contributed by atoms with Gasteiger partial charge in [-0.25, -0.2) is 4.39 Å². The fourth-order valence-electron chi connectivity index (χ4n) is 2.69. The van der Waals surface area contributed by atoms with Crippen molar-refractivity contribution in [1.29, 1.82) is 0 Å². The van der Waals surface area contributed by atoms with E-state index in [0.717, 1.165) is 10.0 Å². The van der Waals surface area contributed by atoms with E-state index in [0.29, 0.717) is 36.5 Å². The first kappa shape index (κ1) is 19.2. The molecular weight excluding hydrogens is 413 g/mol. The Hall–Kier alpha value is -2.54. The van der Waals surface area contributed by atoms with Crippen LogP contribution in [0.15, 0.2) is 57.5 Å². The second-order valence-electron chi connectivity index (χ2n) is 6.18. The maximum atomic E-state index is 13.0. The van der Waals surface area contributed by atoms with Crippen molar-refractivity contribution < 1.29 is 13.7 Å². The monoisotopic (exact) mass is 431 g/mol. The third-order valence-corrected chi connectivity index (χ3v) is 4.84. The highest BCUT2D eigenvalue weighted by molar-refractivity contribution is 9.10. The third-order valence-electron chi connectivity index (χ3n) is 4.11. The fourth-order valence-corrected chi connectivity index (χ4v) is 3.32. The average Bonchev–Trinajstić information content (AvgIpc) is 3.11. The summed E-state index contributed by atoms with van der Waals surface area (Å²) in [5, 5.41) is 6.89. The summed E-state index contributed by atoms with van der Waals surface area (Å²) in [5.41, 5.74) is 1.72. The van der Waals surface area contributed by atoms with Gasteiger partial charge in [-0.05, 0) is 49.2 Å². The molecule has 1 aromatic heterocycles. The number of hydrogen-bond acceptors (Lipinski definition) is 4. The van der Waals surface area contributed by atoms with Gasteiger partial charge in [0.1, 0.15) is 5.82 Å². The Morgan fingerprint density at radius 3 is 2.70 bits per heavy atom. The lowest BCUT2D eigenvalue weighted by Crippen LogP contribution is -2.26. The molecular formula is C20H19BrFN3O2. The molecule has 3 rings (SSSR count). The topological polar surface area (TPSA) is 68.0 Å². The molecule has 1 heterocycles. The van der Waals surface area contributed by atoms with Crippen LogP contribution in [0.1, 0.15) is 37.3 Å². The van der Waals surface area contributed by atoms with Gasteiger partial charge in [0.25, 0.3) is 0 Å². The van der Waals surface area contributed by atoms with Gasteiger partial charge in [0.15, 0.2) is 0 Å². The minimum atomic E-state index is -0.315. The zero-order valence-electron chi connectivity index (χ0n) is 14.8. The van der Waals surface area contributed by atoms with Crippen molar-refractivity contribution in [2.75, 3.05) is 0 Å². The Morgan fingerprint density at radius 2 is 1.96 bits per heavy atom. The molecule has 0 fully saturated rings. The van der Waals surface area contributed by atoms with E-state index < -0.39 is 0 Å². The predicted molar refractivity (Wildman–Crippen MR) is 103 cm³/mol. The average molecular weight is 432 g/mol. The van der Waals surface area contributed by atoms with E-state index in [1.165, 1.54) is 12.1 Å². The number of carbonyl (C=O) groups excluding carboxylic acids is 1. The SMILES string of the molecule is CC(NC(=O)CCCc1nc(-c2ccc(F)cc2)no1)c1ccccc1Br. The molecule has 140 valence electrons. The van der Waals surface area contributed by atoms with Crippen LogP contribution in [-0.2, 0) is 11.2 Å². The van der Waals surface area contributed by atoms with E-state index in [4.69, 9.17) is 4.52 Å². The summed E-state index contributed by atoms with van der Waals surface area (Å²) in [7, 11) is 0. The largest absolute Gasteiger partial charge is 0.350 e. The molecule has 0 saturated carbocycles. The number of nitrogens with zero attached hydrogens (tertiary/aromatic N) is 2. The van der Waals surface area contributed by atoms with Gasteiger partial charge in [-0.3, -0.25) is 4.79 Å². The summed E-state index contributed by atoms with van der Waals surface area (Å²) in [5.74, 6) is 0.528. The second kappa shape index (κ2) is 8.90. The lowest BCUT2D eigenvalue weighted by Gasteiger charge is -2.15. The maximum absolute atomic E-state index is 13.0. The van der Waals surface area contributed by atoms with E-state index in [1.807, 2.05) is 31.2 Å². The number of rotatable bonds is 7. The molecule has 0 saturated heterocycles. The number of carbonyl (C=O) groups is 1. The first-order valence-electron chi connectivity index (χ1n) is 8.65. The number of aromatic nitrogens is 2. The number of amides is 1. The van der Waals surface area contributed by atoms with Gasteiger partial charge in [-0.2, -0.15) is 4.98 Å². The summed E-state index contributed by atoms with van der Waals surface area (Å²) < 4.78 is 19.1. The van der Waals surface area contributed by atoms with Crippen molar-refractivity contribution >= 4 is 21.8 Å². The highest BCUT2D eigenvalue weighted by Gasteiger charge is 2.13. The van der Waals surface area contributed by atoms with Crippen molar-refractivity contribution in [3.63, 3.8) is 0 Å². The molecule has 2 aromatic carbocycles. The van der Waals surface area contributed by atoms with E-state index >= 15 is 0 Å². The Kier molecular flexibility index (Phi) is 6.34. The molecule has 0 aliphatic carbocycles. The molecule has 3 aromatic rings. The first-order valence-corrected chi connectivity index (χ1v) is 9.44. The molecule has 7 heteroatoms. The molecule has 1 unspecified atom stereocenters. The zero-order chi connectivity index (χ0) is 19.2. The number of benzene rings is 2. The van der Waals surface area contributed by atoms with E-state index in [9.17, 15) is 9.18 Å². The first-order chi connectivity index (χ1) is 13.0. The highest BCUT2D eigenvalue weighted by atomic mass is 79.9. The van der Waals surface area contributed by atoms with Gasteiger partial charge in [-0.15, -0.1) is 0 Å². The maximum Gasteiger partial charge on any atom is 0.226 e. The van der Waals surface area contributed by atoms with Crippen molar-refractivity contribution in [2.45, 2.75) is 32.2 Å². The van der Waals surface area contributed by atoms with Crippen molar-refractivity contribution in [3.8, 4) is 11.4 Å². The molecule has 0 aliphatic rings. The van der Waals surface area contributed by atoms with Crippen LogP contribution in [0.5, 0.6) is 0 Å². The van der Waals surface area contributed by atoms with Crippen molar-refractivity contribution in [2.24, 2.45) is 0 Å². The molecule has 0 bridgehead atoms. The molecule has 0 radical (unpaired) electrons. The van der Waals surface area contributed by atoms with Crippen molar-refractivity contribution in [3.05, 3.63) is 70.3 Å². The van der Waals surface area contributed by atoms with Gasteiger partial charge < -0.3 is 9.84 Å². The van der Waals surface area contributed by atoms with E-state index in [1.54, 1.807) is 12.1 Å². The standard InChI is InChI=1S/C20H19BrFN3O2/c1-13(16-5-2-3-6-17(16)21)23-18(26)7-4-8-19-24-20(25-27-19)14-9-11-15(22)12-10-14/h2-3,5-6,9-13H,4,7-8H2,1H3,(H,23,26). The Morgan fingerprint density at radius 1 is 1.22 bits per heavy atom. The van der Waals surface area contributed by atoms with Crippen LogP contribution in [0.25, 0.3) is 11.4 Å². The third kappa shape index (κ3) is 5.23. The summed E-state index contributed by atoms with van der Waals surface area (Å²) in [6, 6.07) is 13.6. The lowest BCUT2D eigenvalue weighted by atomic mass is 10.1.